The molecule has 0 unspecified atom stereocenters. The summed E-state index contributed by atoms with van der Waals surface area (Å²) < 4.78 is 12.0. The SMILES string of the molecule is C[C@H](/C(=N/N(C)C)O[Si](Cl)(Cl)O/C(=N/N(C)C)[C@H](C)c1ccccc1)c1ccccc1. The van der Waals surface area contributed by atoms with Crippen molar-refractivity contribution in [3.05, 3.63) is 71.8 Å². The summed E-state index contributed by atoms with van der Waals surface area (Å²) in [6.07, 6.45) is 0. The minimum atomic E-state index is -3.72. The van der Waals surface area contributed by atoms with Gasteiger partial charge in [0.25, 0.3) is 0 Å². The van der Waals surface area contributed by atoms with Crippen LogP contribution in [0.2, 0.25) is 0 Å². The van der Waals surface area contributed by atoms with E-state index in [1.54, 1.807) is 10.0 Å². The number of benzene rings is 2. The van der Waals surface area contributed by atoms with Crippen molar-refractivity contribution in [1.82, 2.24) is 10.0 Å². The van der Waals surface area contributed by atoms with Gasteiger partial charge in [-0.1, -0.05) is 82.8 Å². The molecule has 0 radical (unpaired) electrons. The summed E-state index contributed by atoms with van der Waals surface area (Å²) in [6.45, 7) is 3.97. The molecule has 0 N–H and O–H groups in total. The molecule has 2 rings (SSSR count). The third kappa shape index (κ3) is 8.09. The van der Waals surface area contributed by atoms with Gasteiger partial charge in [0.1, 0.15) is 0 Å². The highest BCUT2D eigenvalue weighted by Gasteiger charge is 2.44. The van der Waals surface area contributed by atoms with Crippen molar-refractivity contribution in [3.63, 3.8) is 0 Å². The van der Waals surface area contributed by atoms with Crippen LogP contribution in [-0.2, 0) is 8.85 Å². The smallest absolute Gasteiger partial charge is 0.477 e. The highest BCUT2D eigenvalue weighted by Crippen LogP contribution is 2.28. The van der Waals surface area contributed by atoms with E-state index in [-0.39, 0.29) is 11.8 Å². The molecular formula is C22H30Cl2N4O2Si. The summed E-state index contributed by atoms with van der Waals surface area (Å²) in [5.74, 6) is 0.420. The number of nitrogens with zero attached hydrogens (tertiary/aromatic N) is 4. The fourth-order valence-electron chi connectivity index (χ4n) is 2.82. The number of hydrogen-bond donors (Lipinski definition) is 0. The first-order valence-corrected chi connectivity index (χ1v) is 13.8. The van der Waals surface area contributed by atoms with Crippen LogP contribution in [0.25, 0.3) is 0 Å². The molecule has 168 valence electrons. The summed E-state index contributed by atoms with van der Waals surface area (Å²) in [7, 11) is 3.51. The molecule has 0 heterocycles. The van der Waals surface area contributed by atoms with Gasteiger partial charge in [-0.2, -0.15) is 0 Å². The van der Waals surface area contributed by atoms with Crippen LogP contribution in [0.4, 0.5) is 0 Å². The number of hydrazone groups is 2. The van der Waals surface area contributed by atoms with Gasteiger partial charge in [0.2, 0.25) is 11.8 Å². The summed E-state index contributed by atoms with van der Waals surface area (Å²) >= 11 is 13.2. The number of halogens is 2. The van der Waals surface area contributed by atoms with Gasteiger partial charge in [0.05, 0.1) is 11.8 Å². The van der Waals surface area contributed by atoms with E-state index in [9.17, 15) is 0 Å². The molecule has 2 atom stereocenters. The third-order valence-corrected chi connectivity index (χ3v) is 6.20. The Balaban J connectivity index is 2.29. The number of rotatable bonds is 8. The Kier molecular flexibility index (Phi) is 9.22. The molecule has 2 aromatic carbocycles. The molecule has 31 heavy (non-hydrogen) atoms. The summed E-state index contributed by atoms with van der Waals surface area (Å²) in [5, 5.41) is 12.2. The van der Waals surface area contributed by atoms with Gasteiger partial charge in [0, 0.05) is 28.2 Å². The fraction of sp³-hybridized carbons (Fsp3) is 0.364. The van der Waals surface area contributed by atoms with Gasteiger partial charge in [-0.3, -0.25) is 10.0 Å². The van der Waals surface area contributed by atoms with E-state index in [0.717, 1.165) is 11.1 Å². The quantitative estimate of drug-likeness (QED) is 0.169. The molecule has 0 aromatic heterocycles. The topological polar surface area (TPSA) is 49.7 Å². The second kappa shape index (κ2) is 11.4. The lowest BCUT2D eigenvalue weighted by Crippen LogP contribution is -2.39. The summed E-state index contributed by atoms with van der Waals surface area (Å²) in [4.78, 5) is 0. The molecule has 0 fully saturated rings. The Hall–Kier alpha value is -2.22. The van der Waals surface area contributed by atoms with E-state index in [4.69, 9.17) is 31.0 Å². The maximum absolute atomic E-state index is 6.62. The van der Waals surface area contributed by atoms with Crippen LogP contribution >= 0.6 is 22.2 Å². The average Bonchev–Trinajstić information content (AvgIpc) is 2.72. The van der Waals surface area contributed by atoms with Crippen LogP contribution in [0.15, 0.2) is 70.9 Å². The molecule has 0 saturated heterocycles. The standard InChI is InChI=1S/C22H30Cl2N4O2Si/c1-17(19-13-9-7-10-14-19)21(25-27(3)4)29-31(23,24)30-22(26-28(5)6)18(2)20-15-11-8-12-16-20/h7-18H,1-6H3/b25-21-,26-22+/t17-,18+/m0/s1. The first-order valence-electron chi connectivity index (χ1n) is 9.96. The van der Waals surface area contributed by atoms with E-state index < -0.39 is 7.18 Å². The molecule has 0 bridgehead atoms. The van der Waals surface area contributed by atoms with Gasteiger partial charge >= 0.3 is 7.18 Å². The maximum atomic E-state index is 6.62. The molecule has 9 heteroatoms. The Morgan fingerprint density at radius 2 is 1.03 bits per heavy atom. The zero-order valence-electron chi connectivity index (χ0n) is 18.8. The predicted molar refractivity (Wildman–Crippen MR) is 132 cm³/mol. The van der Waals surface area contributed by atoms with Crippen LogP contribution in [0, 0.1) is 0 Å². The summed E-state index contributed by atoms with van der Waals surface area (Å²) in [6, 6.07) is 19.8. The Morgan fingerprint density at radius 1 is 0.710 bits per heavy atom. The Bertz CT molecular complexity index is 806. The van der Waals surface area contributed by atoms with Crippen LogP contribution in [-0.4, -0.2) is 57.2 Å². The highest BCUT2D eigenvalue weighted by molar-refractivity contribution is 7.40. The van der Waals surface area contributed by atoms with E-state index >= 15 is 0 Å². The van der Waals surface area contributed by atoms with Crippen molar-refractivity contribution < 1.29 is 8.85 Å². The predicted octanol–water partition coefficient (Wildman–Crippen LogP) is 5.29. The van der Waals surface area contributed by atoms with Crippen molar-refractivity contribution >= 4 is 41.1 Å². The van der Waals surface area contributed by atoms with Crippen LogP contribution in [0.5, 0.6) is 0 Å². The monoisotopic (exact) mass is 480 g/mol. The minimum Gasteiger partial charge on any atom is -0.477 e. The second-order valence-electron chi connectivity index (χ2n) is 7.50. The zero-order valence-corrected chi connectivity index (χ0v) is 21.3. The van der Waals surface area contributed by atoms with Gasteiger partial charge in [0.15, 0.2) is 0 Å². The van der Waals surface area contributed by atoms with Crippen molar-refractivity contribution in [1.29, 1.82) is 0 Å². The molecule has 6 nitrogen and oxygen atoms in total. The molecular weight excluding hydrogens is 451 g/mol. The van der Waals surface area contributed by atoms with Gasteiger partial charge in [-0.15, -0.1) is 10.2 Å². The van der Waals surface area contributed by atoms with Crippen molar-refractivity contribution in [3.8, 4) is 0 Å². The molecule has 0 aliphatic carbocycles. The van der Waals surface area contributed by atoms with Crippen molar-refractivity contribution in [2.45, 2.75) is 25.7 Å². The largest absolute Gasteiger partial charge is 0.683 e. The van der Waals surface area contributed by atoms with E-state index in [0.29, 0.717) is 11.8 Å². The first kappa shape index (κ1) is 25.0. The number of hydrogen-bond acceptors (Lipinski definition) is 6. The third-order valence-electron chi connectivity index (χ3n) is 4.38. The zero-order chi connectivity index (χ0) is 23.0. The van der Waals surface area contributed by atoms with Gasteiger partial charge in [-0.25, -0.2) is 0 Å². The average molecular weight is 482 g/mol. The second-order valence-corrected chi connectivity index (χ2v) is 12.4. The lowest BCUT2D eigenvalue weighted by molar-refractivity contribution is 0.356. The van der Waals surface area contributed by atoms with E-state index in [1.165, 1.54) is 0 Å². The molecule has 0 aliphatic rings. The molecule has 0 saturated carbocycles. The summed E-state index contributed by atoms with van der Waals surface area (Å²) in [5.41, 5.74) is 2.06. The molecule has 0 amide bonds. The van der Waals surface area contributed by atoms with Crippen molar-refractivity contribution in [2.75, 3.05) is 28.2 Å². The normalized spacial score (nSPS) is 14.6. The Labute approximate surface area is 195 Å². The lowest BCUT2D eigenvalue weighted by atomic mass is 10.0. The highest BCUT2D eigenvalue weighted by atomic mass is 35.7. The lowest BCUT2D eigenvalue weighted by Gasteiger charge is -2.27. The van der Waals surface area contributed by atoms with E-state index in [2.05, 4.69) is 10.2 Å². The maximum Gasteiger partial charge on any atom is 0.683 e. The molecule has 2 aromatic rings. The van der Waals surface area contributed by atoms with Gasteiger partial charge in [-0.05, 0) is 25.0 Å². The van der Waals surface area contributed by atoms with Crippen LogP contribution in [0.1, 0.15) is 36.8 Å². The van der Waals surface area contributed by atoms with Gasteiger partial charge < -0.3 is 8.85 Å². The van der Waals surface area contributed by atoms with E-state index in [1.807, 2.05) is 103 Å². The van der Waals surface area contributed by atoms with Crippen molar-refractivity contribution in [2.24, 2.45) is 10.2 Å². The Morgan fingerprint density at radius 3 is 1.32 bits per heavy atom. The first-order chi connectivity index (χ1) is 14.6. The van der Waals surface area contributed by atoms with Crippen LogP contribution in [0.3, 0.4) is 0 Å². The fourth-order valence-corrected chi connectivity index (χ4v) is 4.73. The molecule has 0 spiro atoms. The minimum absolute atomic E-state index is 0.169. The molecule has 0 aliphatic heterocycles. The van der Waals surface area contributed by atoms with Crippen LogP contribution < -0.4 is 0 Å².